The van der Waals surface area contributed by atoms with Gasteiger partial charge in [0.1, 0.15) is 0 Å². The highest BCUT2D eigenvalue weighted by molar-refractivity contribution is 5.86. The molecule has 0 saturated heterocycles. The highest BCUT2D eigenvalue weighted by atomic mass is 16.3. The van der Waals surface area contributed by atoms with Gasteiger partial charge in [-0.05, 0) is 60.2 Å². The third kappa shape index (κ3) is 4.77. The molecule has 0 radical (unpaired) electrons. The molecule has 0 saturated carbocycles. The van der Waals surface area contributed by atoms with Gasteiger partial charge >= 0.3 is 0 Å². The van der Waals surface area contributed by atoms with Crippen molar-refractivity contribution < 1.29 is 5.11 Å². The maximum Gasteiger partial charge on any atom is 0.0880 e. The zero-order valence-electron chi connectivity index (χ0n) is 13.5. The molecular weight excluding hydrogens is 268 g/mol. The SMILES string of the molecule is C=C(CCCCCC/C(O)=C\C)c1ccc2ccccc2c1. The second-order valence-corrected chi connectivity index (χ2v) is 5.86. The minimum atomic E-state index is 0.514. The van der Waals surface area contributed by atoms with Crippen molar-refractivity contribution in [3.05, 3.63) is 66.4 Å². The number of aliphatic hydroxyl groups excluding tert-OH is 1. The summed E-state index contributed by atoms with van der Waals surface area (Å²) < 4.78 is 0. The first kappa shape index (κ1) is 16.4. The van der Waals surface area contributed by atoms with E-state index in [2.05, 4.69) is 49.0 Å². The van der Waals surface area contributed by atoms with E-state index in [0.717, 1.165) is 19.3 Å². The van der Waals surface area contributed by atoms with Gasteiger partial charge in [-0.25, -0.2) is 0 Å². The maximum absolute atomic E-state index is 9.38. The van der Waals surface area contributed by atoms with Crippen LogP contribution in [0.2, 0.25) is 0 Å². The Kier molecular flexibility index (Phi) is 6.27. The van der Waals surface area contributed by atoms with Crippen LogP contribution in [-0.4, -0.2) is 5.11 Å². The number of rotatable bonds is 8. The fourth-order valence-electron chi connectivity index (χ4n) is 2.70. The minimum absolute atomic E-state index is 0.514. The van der Waals surface area contributed by atoms with Gasteiger partial charge < -0.3 is 5.11 Å². The van der Waals surface area contributed by atoms with E-state index in [1.54, 1.807) is 6.08 Å². The molecule has 2 rings (SSSR count). The summed E-state index contributed by atoms with van der Waals surface area (Å²) in [4.78, 5) is 0. The van der Waals surface area contributed by atoms with Crippen molar-refractivity contribution in [2.24, 2.45) is 0 Å². The van der Waals surface area contributed by atoms with E-state index < -0.39 is 0 Å². The van der Waals surface area contributed by atoms with Gasteiger partial charge in [0.2, 0.25) is 0 Å². The van der Waals surface area contributed by atoms with Gasteiger partial charge in [-0.1, -0.05) is 55.8 Å². The van der Waals surface area contributed by atoms with E-state index >= 15 is 0 Å². The Hall–Kier alpha value is -2.02. The molecule has 2 aromatic rings. The minimum Gasteiger partial charge on any atom is -0.513 e. The Bertz CT molecular complexity index is 652. The smallest absolute Gasteiger partial charge is 0.0880 e. The standard InChI is InChI=1S/C21H26O/c1-3-21(22)13-7-5-4-6-10-17(2)19-15-14-18-11-8-9-12-20(18)16-19/h3,8-9,11-12,14-16,22H,2,4-7,10,13H2,1H3/b21-3+. The van der Waals surface area contributed by atoms with Crippen LogP contribution in [0, 0.1) is 0 Å². The lowest BCUT2D eigenvalue weighted by molar-refractivity contribution is 0.379. The number of aliphatic hydroxyl groups is 1. The van der Waals surface area contributed by atoms with Gasteiger partial charge in [0.05, 0.1) is 5.76 Å². The molecule has 1 heteroatoms. The van der Waals surface area contributed by atoms with Crippen molar-refractivity contribution in [3.8, 4) is 0 Å². The summed E-state index contributed by atoms with van der Waals surface area (Å²) in [5, 5.41) is 11.9. The molecule has 0 atom stereocenters. The summed E-state index contributed by atoms with van der Waals surface area (Å²) in [6.45, 7) is 6.12. The molecule has 116 valence electrons. The van der Waals surface area contributed by atoms with Crippen molar-refractivity contribution in [3.63, 3.8) is 0 Å². The fourth-order valence-corrected chi connectivity index (χ4v) is 2.70. The molecule has 0 amide bonds. The van der Waals surface area contributed by atoms with Crippen LogP contribution in [0.25, 0.3) is 16.3 Å². The third-order valence-electron chi connectivity index (χ3n) is 4.15. The van der Waals surface area contributed by atoms with Gasteiger partial charge in [0.25, 0.3) is 0 Å². The molecule has 0 spiro atoms. The molecule has 0 bridgehead atoms. The summed E-state index contributed by atoms with van der Waals surface area (Å²) in [6, 6.07) is 15.0. The lowest BCUT2D eigenvalue weighted by Crippen LogP contribution is -1.86. The monoisotopic (exact) mass is 294 g/mol. The zero-order valence-corrected chi connectivity index (χ0v) is 13.5. The van der Waals surface area contributed by atoms with E-state index in [9.17, 15) is 5.11 Å². The van der Waals surface area contributed by atoms with Crippen LogP contribution in [0.15, 0.2) is 60.9 Å². The quantitative estimate of drug-likeness (QED) is 0.426. The topological polar surface area (TPSA) is 20.2 Å². The van der Waals surface area contributed by atoms with E-state index in [1.807, 2.05) is 6.92 Å². The van der Waals surface area contributed by atoms with E-state index in [1.165, 1.54) is 41.2 Å². The van der Waals surface area contributed by atoms with Crippen LogP contribution < -0.4 is 0 Å². The molecule has 0 heterocycles. The van der Waals surface area contributed by atoms with Crippen molar-refractivity contribution in [2.45, 2.75) is 45.4 Å². The van der Waals surface area contributed by atoms with E-state index in [4.69, 9.17) is 0 Å². The van der Waals surface area contributed by atoms with Crippen LogP contribution in [-0.2, 0) is 0 Å². The highest BCUT2D eigenvalue weighted by Gasteiger charge is 2.01. The molecule has 0 aromatic heterocycles. The first-order valence-electron chi connectivity index (χ1n) is 8.22. The zero-order chi connectivity index (χ0) is 15.8. The first-order chi connectivity index (χ1) is 10.7. The third-order valence-corrected chi connectivity index (χ3v) is 4.15. The van der Waals surface area contributed by atoms with Crippen LogP contribution in [0.5, 0.6) is 0 Å². The molecule has 0 fully saturated rings. The molecule has 0 aliphatic rings. The number of hydrogen-bond acceptors (Lipinski definition) is 1. The van der Waals surface area contributed by atoms with Crippen LogP contribution in [0.3, 0.4) is 0 Å². The first-order valence-corrected chi connectivity index (χ1v) is 8.22. The summed E-state index contributed by atoms with van der Waals surface area (Å²) >= 11 is 0. The molecule has 2 aromatic carbocycles. The lowest BCUT2D eigenvalue weighted by atomic mass is 9.98. The Morgan fingerprint density at radius 2 is 1.64 bits per heavy atom. The largest absolute Gasteiger partial charge is 0.513 e. The average Bonchev–Trinajstić information content (AvgIpc) is 2.56. The Labute approximate surface area is 134 Å². The van der Waals surface area contributed by atoms with Crippen molar-refractivity contribution >= 4 is 16.3 Å². The summed E-state index contributed by atoms with van der Waals surface area (Å²) in [5.41, 5.74) is 2.48. The molecule has 0 unspecified atom stereocenters. The molecule has 0 aliphatic heterocycles. The molecule has 1 nitrogen and oxygen atoms in total. The summed E-state index contributed by atoms with van der Waals surface area (Å²) in [7, 11) is 0. The Morgan fingerprint density at radius 3 is 2.36 bits per heavy atom. The normalized spacial score (nSPS) is 11.8. The lowest BCUT2D eigenvalue weighted by Gasteiger charge is -2.08. The molecular formula is C21H26O. The summed E-state index contributed by atoms with van der Waals surface area (Å²) in [5.74, 6) is 0.514. The predicted octanol–water partition coefficient (Wildman–Crippen LogP) is 6.66. The second kappa shape index (κ2) is 8.43. The number of allylic oxidation sites excluding steroid dienone is 3. The van der Waals surface area contributed by atoms with Gasteiger partial charge in [0, 0.05) is 6.42 Å². The second-order valence-electron chi connectivity index (χ2n) is 5.86. The van der Waals surface area contributed by atoms with Crippen LogP contribution in [0.1, 0.15) is 51.0 Å². The van der Waals surface area contributed by atoms with Gasteiger partial charge in [-0.2, -0.15) is 0 Å². The maximum atomic E-state index is 9.38. The highest BCUT2D eigenvalue weighted by Crippen LogP contribution is 2.24. The van der Waals surface area contributed by atoms with Gasteiger partial charge in [-0.15, -0.1) is 0 Å². The Balaban J connectivity index is 1.77. The number of benzene rings is 2. The van der Waals surface area contributed by atoms with Crippen LogP contribution in [0.4, 0.5) is 0 Å². The van der Waals surface area contributed by atoms with Gasteiger partial charge in [-0.3, -0.25) is 0 Å². The van der Waals surface area contributed by atoms with Crippen molar-refractivity contribution in [1.82, 2.24) is 0 Å². The molecule has 1 N–H and O–H groups in total. The Morgan fingerprint density at radius 1 is 0.955 bits per heavy atom. The molecule has 22 heavy (non-hydrogen) atoms. The number of unbranched alkanes of at least 4 members (excludes halogenated alkanes) is 3. The van der Waals surface area contributed by atoms with E-state index in [0.29, 0.717) is 5.76 Å². The van der Waals surface area contributed by atoms with Crippen molar-refractivity contribution in [1.29, 1.82) is 0 Å². The number of hydrogen-bond donors (Lipinski definition) is 1. The van der Waals surface area contributed by atoms with Crippen molar-refractivity contribution in [2.75, 3.05) is 0 Å². The van der Waals surface area contributed by atoms with E-state index in [-0.39, 0.29) is 0 Å². The molecule has 0 aliphatic carbocycles. The number of fused-ring (bicyclic) bond motifs is 1. The van der Waals surface area contributed by atoms with Crippen LogP contribution >= 0.6 is 0 Å². The summed E-state index contributed by atoms with van der Waals surface area (Å²) in [6.07, 6.45) is 8.24. The van der Waals surface area contributed by atoms with Gasteiger partial charge in [0.15, 0.2) is 0 Å². The average molecular weight is 294 g/mol. The predicted molar refractivity (Wildman–Crippen MR) is 97.1 cm³/mol. The fraction of sp³-hybridized carbons (Fsp3) is 0.333.